The Kier molecular flexibility index (Phi) is 3.00. The predicted molar refractivity (Wildman–Crippen MR) is 40.0 cm³/mol. The van der Waals surface area contributed by atoms with E-state index in [1.807, 2.05) is 0 Å². The largest absolute Gasteiger partial charge is 0.346 e. The molecule has 11 heavy (non-hydrogen) atoms. The molecule has 0 aliphatic heterocycles. The van der Waals surface area contributed by atoms with Crippen molar-refractivity contribution in [1.82, 2.24) is 0 Å². The minimum Gasteiger partial charge on any atom is -0.339 e. The van der Waals surface area contributed by atoms with Crippen molar-refractivity contribution in [2.24, 2.45) is 0 Å². The standard InChI is InChI=1S/C6H8O4S/c1-4-6(7)10-11(8,9)5(2)3/h4H,1-2H2,3H3. The zero-order valence-corrected chi connectivity index (χ0v) is 6.85. The summed E-state index contributed by atoms with van der Waals surface area (Å²) in [4.78, 5) is 10.2. The molecule has 62 valence electrons. The normalized spacial score (nSPS) is 10.3. The molecule has 4 nitrogen and oxygen atoms in total. The van der Waals surface area contributed by atoms with Gasteiger partial charge in [0.25, 0.3) is 0 Å². The Labute approximate surface area is 65.3 Å². The van der Waals surface area contributed by atoms with Crippen LogP contribution in [0.3, 0.4) is 0 Å². The first-order valence-electron chi connectivity index (χ1n) is 2.66. The molecule has 0 amide bonds. The van der Waals surface area contributed by atoms with Gasteiger partial charge in [0.05, 0.1) is 4.91 Å². The second-order valence-corrected chi connectivity index (χ2v) is 3.53. The van der Waals surface area contributed by atoms with Gasteiger partial charge in [0.1, 0.15) is 0 Å². The van der Waals surface area contributed by atoms with E-state index in [9.17, 15) is 13.2 Å². The number of carbonyl (C=O) groups is 1. The molecule has 0 bridgehead atoms. The van der Waals surface area contributed by atoms with Crippen molar-refractivity contribution in [3.63, 3.8) is 0 Å². The summed E-state index contributed by atoms with van der Waals surface area (Å²) in [5, 5.41) is 0. The van der Waals surface area contributed by atoms with E-state index in [2.05, 4.69) is 17.3 Å². The van der Waals surface area contributed by atoms with E-state index >= 15 is 0 Å². The van der Waals surface area contributed by atoms with Crippen LogP contribution < -0.4 is 0 Å². The van der Waals surface area contributed by atoms with Crippen LogP contribution in [0.2, 0.25) is 0 Å². The number of hydrogen-bond donors (Lipinski definition) is 0. The Morgan fingerprint density at radius 1 is 1.55 bits per heavy atom. The molecule has 0 saturated carbocycles. The van der Waals surface area contributed by atoms with Gasteiger partial charge in [0, 0.05) is 6.08 Å². The average Bonchev–Trinajstić information content (AvgIpc) is 1.86. The van der Waals surface area contributed by atoms with Gasteiger partial charge in [-0.15, -0.1) is 0 Å². The van der Waals surface area contributed by atoms with Crippen LogP contribution in [-0.2, 0) is 19.1 Å². The summed E-state index contributed by atoms with van der Waals surface area (Å²) < 4.78 is 25.4. The fraction of sp³-hybridized carbons (Fsp3) is 0.167. The lowest BCUT2D eigenvalue weighted by Crippen LogP contribution is -2.10. The molecule has 0 rings (SSSR count). The van der Waals surface area contributed by atoms with E-state index in [-0.39, 0.29) is 4.91 Å². The van der Waals surface area contributed by atoms with E-state index in [4.69, 9.17) is 0 Å². The Morgan fingerprint density at radius 3 is 2.27 bits per heavy atom. The molecular weight excluding hydrogens is 168 g/mol. The van der Waals surface area contributed by atoms with E-state index < -0.39 is 16.1 Å². The number of rotatable bonds is 3. The molecule has 0 aromatic heterocycles. The molecule has 0 aromatic rings. The van der Waals surface area contributed by atoms with Crippen LogP contribution >= 0.6 is 0 Å². The smallest absolute Gasteiger partial charge is 0.339 e. The molecule has 0 aromatic carbocycles. The molecule has 0 radical (unpaired) electrons. The summed E-state index contributed by atoms with van der Waals surface area (Å²) in [6, 6.07) is 0. The molecule has 0 saturated heterocycles. The quantitative estimate of drug-likeness (QED) is 0.466. The fourth-order valence-electron chi connectivity index (χ4n) is 0.213. The predicted octanol–water partition coefficient (Wildman–Crippen LogP) is 0.579. The highest BCUT2D eigenvalue weighted by Crippen LogP contribution is 2.04. The third-order valence-corrected chi connectivity index (χ3v) is 2.02. The van der Waals surface area contributed by atoms with Crippen molar-refractivity contribution in [2.75, 3.05) is 0 Å². The van der Waals surface area contributed by atoms with Crippen LogP contribution in [0.1, 0.15) is 6.92 Å². The monoisotopic (exact) mass is 176 g/mol. The second-order valence-electron chi connectivity index (χ2n) is 1.76. The van der Waals surface area contributed by atoms with Gasteiger partial charge < -0.3 is 4.18 Å². The Morgan fingerprint density at radius 2 is 2.00 bits per heavy atom. The molecule has 0 heterocycles. The van der Waals surface area contributed by atoms with Gasteiger partial charge in [0.15, 0.2) is 0 Å². The number of allylic oxidation sites excluding steroid dienone is 1. The average molecular weight is 176 g/mol. The van der Waals surface area contributed by atoms with Crippen molar-refractivity contribution in [3.05, 3.63) is 24.1 Å². The summed E-state index contributed by atoms with van der Waals surface area (Å²) in [7, 11) is -3.92. The Balaban J connectivity index is 4.51. The molecule has 0 atom stereocenters. The maximum Gasteiger partial charge on any atom is 0.346 e. The molecule has 0 aliphatic carbocycles. The highest BCUT2D eigenvalue weighted by Gasteiger charge is 2.15. The van der Waals surface area contributed by atoms with Gasteiger partial charge in [0.2, 0.25) is 0 Å². The fourth-order valence-corrected chi connectivity index (χ4v) is 0.640. The maximum atomic E-state index is 10.7. The Hall–Kier alpha value is -1.10. The number of carbonyl (C=O) groups excluding carboxylic acids is 1. The minimum atomic E-state index is -3.92. The summed E-state index contributed by atoms with van der Waals surface area (Å²) in [6.07, 6.45) is 0.764. The van der Waals surface area contributed by atoms with Gasteiger partial charge in [-0.05, 0) is 6.92 Å². The molecule has 0 unspecified atom stereocenters. The van der Waals surface area contributed by atoms with E-state index in [0.717, 1.165) is 6.08 Å². The summed E-state index contributed by atoms with van der Waals surface area (Å²) >= 11 is 0. The Bertz CT molecular complexity index is 286. The van der Waals surface area contributed by atoms with Crippen molar-refractivity contribution in [1.29, 1.82) is 0 Å². The van der Waals surface area contributed by atoms with E-state index in [1.165, 1.54) is 6.92 Å². The van der Waals surface area contributed by atoms with Crippen LogP contribution in [0.25, 0.3) is 0 Å². The van der Waals surface area contributed by atoms with Crippen LogP contribution in [0.15, 0.2) is 24.1 Å². The first-order chi connectivity index (χ1) is 4.90. The van der Waals surface area contributed by atoms with Crippen molar-refractivity contribution >= 4 is 16.1 Å². The zero-order chi connectivity index (χ0) is 9.07. The van der Waals surface area contributed by atoms with Gasteiger partial charge in [-0.3, -0.25) is 0 Å². The number of hydrogen-bond acceptors (Lipinski definition) is 4. The van der Waals surface area contributed by atoms with Gasteiger partial charge in [-0.1, -0.05) is 13.2 Å². The SMILES string of the molecule is C=CC(=O)OS(=O)(=O)C(=C)C. The second kappa shape index (κ2) is 3.34. The molecule has 0 aliphatic rings. The third-order valence-electron chi connectivity index (χ3n) is 0.785. The maximum absolute atomic E-state index is 10.7. The minimum absolute atomic E-state index is 0.215. The van der Waals surface area contributed by atoms with Gasteiger partial charge >= 0.3 is 16.1 Å². The highest BCUT2D eigenvalue weighted by atomic mass is 32.2. The van der Waals surface area contributed by atoms with Crippen LogP contribution in [-0.4, -0.2) is 14.4 Å². The lowest BCUT2D eigenvalue weighted by Gasteiger charge is -2.00. The first kappa shape index (κ1) is 9.90. The van der Waals surface area contributed by atoms with Crippen LogP contribution in [0.4, 0.5) is 0 Å². The lowest BCUT2D eigenvalue weighted by molar-refractivity contribution is -0.128. The van der Waals surface area contributed by atoms with Crippen molar-refractivity contribution in [2.45, 2.75) is 6.92 Å². The van der Waals surface area contributed by atoms with Crippen LogP contribution in [0.5, 0.6) is 0 Å². The summed E-state index contributed by atoms with van der Waals surface area (Å²) in [5.74, 6) is -1.01. The lowest BCUT2D eigenvalue weighted by atomic mass is 10.7. The van der Waals surface area contributed by atoms with E-state index in [0.29, 0.717) is 0 Å². The van der Waals surface area contributed by atoms with Gasteiger partial charge in [-0.25, -0.2) is 4.79 Å². The van der Waals surface area contributed by atoms with Crippen LogP contribution in [0, 0.1) is 0 Å². The third kappa shape index (κ3) is 2.99. The molecular formula is C6H8O4S. The molecule has 0 fully saturated rings. The van der Waals surface area contributed by atoms with Crippen molar-refractivity contribution < 1.29 is 17.4 Å². The topological polar surface area (TPSA) is 60.4 Å². The summed E-state index contributed by atoms with van der Waals surface area (Å²) in [5.41, 5.74) is 0. The van der Waals surface area contributed by atoms with Crippen molar-refractivity contribution in [3.8, 4) is 0 Å². The highest BCUT2D eigenvalue weighted by molar-refractivity contribution is 7.91. The molecule has 5 heteroatoms. The zero-order valence-electron chi connectivity index (χ0n) is 6.03. The summed E-state index contributed by atoms with van der Waals surface area (Å²) in [6.45, 7) is 7.38. The molecule has 0 N–H and O–H groups in total. The van der Waals surface area contributed by atoms with E-state index in [1.54, 1.807) is 0 Å². The molecule has 0 spiro atoms. The van der Waals surface area contributed by atoms with Gasteiger partial charge in [-0.2, -0.15) is 8.42 Å². The first-order valence-corrected chi connectivity index (χ1v) is 4.07.